The van der Waals surface area contributed by atoms with Crippen LogP contribution in [-0.2, 0) is 0 Å². The van der Waals surface area contributed by atoms with E-state index in [0.717, 1.165) is 22.5 Å². The van der Waals surface area contributed by atoms with Crippen molar-refractivity contribution < 1.29 is 0 Å². The smallest absolute Gasteiger partial charge is 0.161 e. The molecule has 2 aliphatic rings. The van der Waals surface area contributed by atoms with Crippen LogP contribution in [0.15, 0.2) is 23.7 Å². The average molecular weight is 262 g/mol. The normalized spacial score (nSPS) is 31.4. The van der Waals surface area contributed by atoms with Crippen LogP contribution in [0.1, 0.15) is 32.6 Å². The molecule has 0 atom stereocenters. The minimum Gasteiger partial charge on any atom is -0.332 e. The lowest BCUT2D eigenvalue weighted by molar-refractivity contribution is 0.273. The van der Waals surface area contributed by atoms with Crippen LogP contribution in [-0.4, -0.2) is 26.4 Å². The van der Waals surface area contributed by atoms with Gasteiger partial charge in [0, 0.05) is 5.75 Å². The number of anilines is 1. The van der Waals surface area contributed by atoms with E-state index in [1.807, 2.05) is 11.8 Å². The van der Waals surface area contributed by atoms with Crippen LogP contribution < -0.4 is 5.32 Å². The predicted octanol–water partition coefficient (Wildman–Crippen LogP) is 2.94. The standard InChI is InChI=1S/C13H18N4S/c1-10-2-4-13(5-3-10)8-18-12(17-13)16-11-6-14-9-15-7-11/h6-7,9-10H,2-5,8H2,1H3,(H,16,17). The van der Waals surface area contributed by atoms with Crippen molar-refractivity contribution in [3.63, 3.8) is 0 Å². The topological polar surface area (TPSA) is 50.2 Å². The molecule has 1 aliphatic heterocycles. The molecule has 96 valence electrons. The van der Waals surface area contributed by atoms with Gasteiger partial charge in [0.05, 0.1) is 23.6 Å². The second-order valence-electron chi connectivity index (χ2n) is 5.36. The van der Waals surface area contributed by atoms with Gasteiger partial charge in [-0.2, -0.15) is 0 Å². The maximum absolute atomic E-state index is 4.92. The zero-order valence-electron chi connectivity index (χ0n) is 10.6. The second-order valence-corrected chi connectivity index (χ2v) is 6.33. The van der Waals surface area contributed by atoms with Crippen LogP contribution >= 0.6 is 11.8 Å². The Kier molecular flexibility index (Phi) is 3.24. The number of aromatic nitrogens is 2. The molecule has 1 N–H and O–H groups in total. The van der Waals surface area contributed by atoms with Crippen molar-refractivity contribution in [2.45, 2.75) is 38.1 Å². The van der Waals surface area contributed by atoms with Crippen molar-refractivity contribution in [2.75, 3.05) is 11.1 Å². The Bertz CT molecular complexity index is 438. The van der Waals surface area contributed by atoms with Crippen LogP contribution in [0.3, 0.4) is 0 Å². The zero-order valence-corrected chi connectivity index (χ0v) is 11.4. The second kappa shape index (κ2) is 4.88. The summed E-state index contributed by atoms with van der Waals surface area (Å²) in [6.07, 6.45) is 10.2. The van der Waals surface area contributed by atoms with Gasteiger partial charge >= 0.3 is 0 Å². The molecular formula is C13H18N4S. The maximum atomic E-state index is 4.92. The van der Waals surface area contributed by atoms with Crippen LogP contribution in [0.25, 0.3) is 0 Å². The minimum absolute atomic E-state index is 0.204. The molecule has 1 aliphatic carbocycles. The van der Waals surface area contributed by atoms with Crippen molar-refractivity contribution >= 4 is 22.6 Å². The van der Waals surface area contributed by atoms with Gasteiger partial charge in [-0.05, 0) is 31.6 Å². The fourth-order valence-electron chi connectivity index (χ4n) is 2.59. The quantitative estimate of drug-likeness (QED) is 0.845. The molecule has 3 rings (SSSR count). The first-order valence-corrected chi connectivity index (χ1v) is 7.49. The molecule has 0 bridgehead atoms. The highest BCUT2D eigenvalue weighted by atomic mass is 32.2. The van der Waals surface area contributed by atoms with Crippen molar-refractivity contribution in [1.29, 1.82) is 0 Å². The first-order chi connectivity index (χ1) is 8.76. The van der Waals surface area contributed by atoms with Crippen LogP contribution in [0, 0.1) is 5.92 Å². The Labute approximate surface area is 112 Å². The van der Waals surface area contributed by atoms with Gasteiger partial charge in [0.2, 0.25) is 0 Å². The highest BCUT2D eigenvalue weighted by molar-refractivity contribution is 8.14. The number of rotatable bonds is 1. The first-order valence-electron chi connectivity index (χ1n) is 6.50. The van der Waals surface area contributed by atoms with Gasteiger partial charge < -0.3 is 5.32 Å². The Morgan fingerprint density at radius 1 is 1.28 bits per heavy atom. The van der Waals surface area contributed by atoms with Gasteiger partial charge in [0.25, 0.3) is 0 Å². The van der Waals surface area contributed by atoms with Gasteiger partial charge in [-0.25, -0.2) is 9.97 Å². The molecule has 0 unspecified atom stereocenters. The summed E-state index contributed by atoms with van der Waals surface area (Å²) >= 11 is 1.83. The first kappa shape index (κ1) is 12.0. The summed E-state index contributed by atoms with van der Waals surface area (Å²) in [5.41, 5.74) is 1.12. The molecule has 0 saturated heterocycles. The van der Waals surface area contributed by atoms with Gasteiger partial charge in [-0.1, -0.05) is 18.7 Å². The molecule has 1 saturated carbocycles. The third-order valence-corrected chi connectivity index (χ3v) is 4.98. The van der Waals surface area contributed by atoms with E-state index in [-0.39, 0.29) is 5.54 Å². The number of thioether (sulfide) groups is 1. The van der Waals surface area contributed by atoms with Crippen molar-refractivity contribution in [2.24, 2.45) is 10.9 Å². The molecule has 1 aromatic rings. The summed E-state index contributed by atoms with van der Waals surface area (Å²) in [5, 5.41) is 4.34. The van der Waals surface area contributed by atoms with E-state index in [2.05, 4.69) is 22.2 Å². The Balaban J connectivity index is 1.68. The van der Waals surface area contributed by atoms with E-state index in [9.17, 15) is 0 Å². The molecule has 0 radical (unpaired) electrons. The maximum Gasteiger partial charge on any atom is 0.161 e. The number of nitrogens with zero attached hydrogens (tertiary/aromatic N) is 3. The summed E-state index contributed by atoms with van der Waals surface area (Å²) in [7, 11) is 0. The lowest BCUT2D eigenvalue weighted by Gasteiger charge is -2.32. The Hall–Kier alpha value is -1.10. The highest BCUT2D eigenvalue weighted by Gasteiger charge is 2.38. The fourth-order valence-corrected chi connectivity index (χ4v) is 3.80. The summed E-state index contributed by atoms with van der Waals surface area (Å²) in [6, 6.07) is 0. The van der Waals surface area contributed by atoms with Crippen LogP contribution in [0.5, 0.6) is 0 Å². The van der Waals surface area contributed by atoms with Crippen molar-refractivity contribution in [3.05, 3.63) is 18.7 Å². The third-order valence-electron chi connectivity index (χ3n) is 3.83. The number of amidine groups is 1. The molecule has 18 heavy (non-hydrogen) atoms. The summed E-state index contributed by atoms with van der Waals surface area (Å²) in [5.74, 6) is 1.99. The van der Waals surface area contributed by atoms with E-state index < -0.39 is 0 Å². The number of hydrogen-bond donors (Lipinski definition) is 1. The zero-order chi connectivity index (χ0) is 12.4. The Morgan fingerprint density at radius 2 is 2.00 bits per heavy atom. The van der Waals surface area contributed by atoms with Crippen LogP contribution in [0.2, 0.25) is 0 Å². The number of nitrogens with one attached hydrogen (secondary N) is 1. The lowest BCUT2D eigenvalue weighted by Crippen LogP contribution is -2.32. The molecule has 4 nitrogen and oxygen atoms in total. The summed E-state index contributed by atoms with van der Waals surface area (Å²) in [4.78, 5) is 12.9. The number of hydrogen-bond acceptors (Lipinski definition) is 5. The molecule has 1 fully saturated rings. The molecular weight excluding hydrogens is 244 g/mol. The third kappa shape index (κ3) is 2.51. The van der Waals surface area contributed by atoms with Gasteiger partial charge in [0.15, 0.2) is 5.17 Å². The lowest BCUT2D eigenvalue weighted by atomic mass is 9.79. The molecule has 0 amide bonds. The Morgan fingerprint density at radius 3 is 2.72 bits per heavy atom. The predicted molar refractivity (Wildman–Crippen MR) is 75.9 cm³/mol. The summed E-state index contributed by atoms with van der Waals surface area (Å²) < 4.78 is 0. The van der Waals surface area contributed by atoms with Gasteiger partial charge in [-0.3, -0.25) is 4.99 Å². The molecule has 5 heteroatoms. The highest BCUT2D eigenvalue weighted by Crippen LogP contribution is 2.41. The minimum atomic E-state index is 0.204. The van der Waals surface area contributed by atoms with Gasteiger partial charge in [-0.15, -0.1) is 0 Å². The summed E-state index contributed by atoms with van der Waals surface area (Å²) in [6.45, 7) is 2.35. The van der Waals surface area contributed by atoms with E-state index in [0.29, 0.717) is 0 Å². The monoisotopic (exact) mass is 262 g/mol. The van der Waals surface area contributed by atoms with Gasteiger partial charge in [0.1, 0.15) is 6.33 Å². The SMILES string of the molecule is CC1CCC2(CC1)CSC(Nc1cncnc1)=N2. The van der Waals surface area contributed by atoms with E-state index >= 15 is 0 Å². The average Bonchev–Trinajstić information content (AvgIpc) is 2.78. The largest absolute Gasteiger partial charge is 0.332 e. The van der Waals surface area contributed by atoms with Crippen molar-refractivity contribution in [1.82, 2.24) is 9.97 Å². The van der Waals surface area contributed by atoms with Crippen molar-refractivity contribution in [3.8, 4) is 0 Å². The molecule has 2 heterocycles. The molecule has 1 spiro atoms. The number of aliphatic imine (C=N–C) groups is 1. The van der Waals surface area contributed by atoms with E-state index in [1.165, 1.54) is 25.7 Å². The molecule has 1 aromatic heterocycles. The molecule has 0 aromatic carbocycles. The van der Waals surface area contributed by atoms with Crippen LogP contribution in [0.4, 0.5) is 5.69 Å². The fraction of sp³-hybridized carbons (Fsp3) is 0.615. The van der Waals surface area contributed by atoms with E-state index in [1.54, 1.807) is 18.7 Å². The van der Waals surface area contributed by atoms with E-state index in [4.69, 9.17) is 4.99 Å².